The summed E-state index contributed by atoms with van der Waals surface area (Å²) in [5.41, 5.74) is 0. The van der Waals surface area contributed by atoms with Crippen molar-refractivity contribution in [2.75, 3.05) is 6.67 Å². The van der Waals surface area contributed by atoms with E-state index < -0.39 is 19.0 Å². The SMILES string of the molecule is CC(F)C(F)CCF. The van der Waals surface area contributed by atoms with Gasteiger partial charge in [-0.2, -0.15) is 0 Å². The molecule has 0 aromatic rings. The van der Waals surface area contributed by atoms with Crippen LogP contribution >= 0.6 is 0 Å². The first-order chi connectivity index (χ1) is 3.68. The summed E-state index contributed by atoms with van der Waals surface area (Å²) < 4.78 is 34.8. The summed E-state index contributed by atoms with van der Waals surface area (Å²) in [6.07, 6.45) is -3.48. The van der Waals surface area contributed by atoms with Crippen LogP contribution < -0.4 is 0 Å². The van der Waals surface area contributed by atoms with Gasteiger partial charge in [-0.05, 0) is 6.92 Å². The average molecular weight is 126 g/mol. The fourth-order valence-corrected chi connectivity index (χ4v) is 0.334. The lowest BCUT2D eigenvalue weighted by molar-refractivity contribution is 0.162. The molecule has 2 atom stereocenters. The Morgan fingerprint density at radius 1 is 1.38 bits per heavy atom. The van der Waals surface area contributed by atoms with Crippen molar-refractivity contribution in [3.05, 3.63) is 0 Å². The van der Waals surface area contributed by atoms with Crippen LogP contribution in [0.3, 0.4) is 0 Å². The first-order valence-corrected chi connectivity index (χ1v) is 2.52. The highest BCUT2D eigenvalue weighted by Crippen LogP contribution is 2.06. The van der Waals surface area contributed by atoms with E-state index in [1.165, 1.54) is 0 Å². The van der Waals surface area contributed by atoms with Crippen molar-refractivity contribution < 1.29 is 13.2 Å². The van der Waals surface area contributed by atoms with Crippen LogP contribution in [-0.4, -0.2) is 19.0 Å². The fourth-order valence-electron chi connectivity index (χ4n) is 0.334. The molecule has 0 aliphatic rings. The number of hydrogen-bond donors (Lipinski definition) is 0. The molecule has 0 amide bonds. The summed E-state index contributed by atoms with van der Waals surface area (Å²) in [5.74, 6) is 0. The molecule has 0 fully saturated rings. The molecular formula is C5H9F3. The maximum Gasteiger partial charge on any atom is 0.133 e. The molecule has 50 valence electrons. The van der Waals surface area contributed by atoms with Gasteiger partial charge in [0, 0.05) is 6.42 Å². The third kappa shape index (κ3) is 2.88. The lowest BCUT2D eigenvalue weighted by Crippen LogP contribution is -2.13. The van der Waals surface area contributed by atoms with Gasteiger partial charge in [0.2, 0.25) is 0 Å². The molecule has 0 N–H and O–H groups in total. The molecule has 0 spiro atoms. The number of alkyl halides is 3. The van der Waals surface area contributed by atoms with E-state index in [0.29, 0.717) is 0 Å². The lowest BCUT2D eigenvalue weighted by Gasteiger charge is -2.04. The molecule has 0 heterocycles. The van der Waals surface area contributed by atoms with E-state index in [-0.39, 0.29) is 6.42 Å². The number of rotatable bonds is 3. The minimum Gasteiger partial charge on any atom is -0.251 e. The number of hydrogen-bond acceptors (Lipinski definition) is 0. The van der Waals surface area contributed by atoms with Gasteiger partial charge in [0.1, 0.15) is 12.3 Å². The van der Waals surface area contributed by atoms with Crippen molar-refractivity contribution in [1.29, 1.82) is 0 Å². The Balaban J connectivity index is 3.17. The van der Waals surface area contributed by atoms with Crippen LogP contribution in [0.4, 0.5) is 13.2 Å². The standard InChI is InChI=1S/C5H9F3/c1-4(7)5(8)2-3-6/h4-5H,2-3H2,1H3. The van der Waals surface area contributed by atoms with E-state index in [2.05, 4.69) is 0 Å². The highest BCUT2D eigenvalue weighted by Gasteiger charge is 2.13. The van der Waals surface area contributed by atoms with Crippen LogP contribution in [0.5, 0.6) is 0 Å². The number of halogens is 3. The quantitative estimate of drug-likeness (QED) is 0.542. The van der Waals surface area contributed by atoms with Crippen molar-refractivity contribution in [3.63, 3.8) is 0 Å². The van der Waals surface area contributed by atoms with E-state index in [4.69, 9.17) is 0 Å². The van der Waals surface area contributed by atoms with Crippen LogP contribution in [0.2, 0.25) is 0 Å². The first-order valence-electron chi connectivity index (χ1n) is 2.52. The Hall–Kier alpha value is -0.210. The van der Waals surface area contributed by atoms with Gasteiger partial charge in [0.15, 0.2) is 0 Å². The lowest BCUT2D eigenvalue weighted by atomic mass is 10.2. The zero-order valence-corrected chi connectivity index (χ0v) is 4.70. The molecule has 0 saturated carbocycles. The van der Waals surface area contributed by atoms with Crippen molar-refractivity contribution in [2.24, 2.45) is 0 Å². The summed E-state index contributed by atoms with van der Waals surface area (Å²) >= 11 is 0. The molecule has 0 rings (SSSR count). The zero-order valence-electron chi connectivity index (χ0n) is 4.70. The third-order valence-electron chi connectivity index (χ3n) is 0.883. The van der Waals surface area contributed by atoms with Gasteiger partial charge in [0.25, 0.3) is 0 Å². The Morgan fingerprint density at radius 2 is 1.88 bits per heavy atom. The Bertz CT molecular complexity index is 53.6. The summed E-state index contributed by atoms with van der Waals surface area (Å²) in [6.45, 7) is 0.301. The minimum absolute atomic E-state index is 0.322. The second-order valence-electron chi connectivity index (χ2n) is 1.67. The van der Waals surface area contributed by atoms with Crippen molar-refractivity contribution in [1.82, 2.24) is 0 Å². The average Bonchev–Trinajstić information content (AvgIpc) is 1.67. The smallest absolute Gasteiger partial charge is 0.133 e. The monoisotopic (exact) mass is 126 g/mol. The first kappa shape index (κ1) is 7.79. The Labute approximate surface area is 46.7 Å². The fraction of sp³-hybridized carbons (Fsp3) is 1.00. The Morgan fingerprint density at radius 3 is 2.00 bits per heavy atom. The van der Waals surface area contributed by atoms with Crippen molar-refractivity contribution >= 4 is 0 Å². The largest absolute Gasteiger partial charge is 0.251 e. The van der Waals surface area contributed by atoms with Gasteiger partial charge in [-0.3, -0.25) is 4.39 Å². The molecule has 8 heavy (non-hydrogen) atoms. The summed E-state index contributed by atoms with van der Waals surface area (Å²) in [4.78, 5) is 0. The second-order valence-corrected chi connectivity index (χ2v) is 1.67. The van der Waals surface area contributed by atoms with E-state index in [1.807, 2.05) is 0 Å². The van der Waals surface area contributed by atoms with Crippen molar-refractivity contribution in [2.45, 2.75) is 25.7 Å². The van der Waals surface area contributed by atoms with E-state index in [0.717, 1.165) is 6.92 Å². The van der Waals surface area contributed by atoms with Crippen LogP contribution in [0, 0.1) is 0 Å². The van der Waals surface area contributed by atoms with E-state index >= 15 is 0 Å². The van der Waals surface area contributed by atoms with Gasteiger partial charge in [-0.25, -0.2) is 8.78 Å². The highest BCUT2D eigenvalue weighted by molar-refractivity contribution is 4.61. The molecule has 3 heteroatoms. The summed E-state index contributed by atoms with van der Waals surface area (Å²) in [5, 5.41) is 0. The normalized spacial score (nSPS) is 18.0. The van der Waals surface area contributed by atoms with Gasteiger partial charge >= 0.3 is 0 Å². The molecular weight excluding hydrogens is 117 g/mol. The van der Waals surface area contributed by atoms with Gasteiger partial charge in [0.05, 0.1) is 6.67 Å². The zero-order chi connectivity index (χ0) is 6.57. The molecule has 0 saturated heterocycles. The molecule has 0 radical (unpaired) electrons. The summed E-state index contributed by atoms with van der Waals surface area (Å²) in [6, 6.07) is 0. The van der Waals surface area contributed by atoms with E-state index in [1.54, 1.807) is 0 Å². The highest BCUT2D eigenvalue weighted by atomic mass is 19.2. The maximum atomic E-state index is 11.9. The topological polar surface area (TPSA) is 0 Å². The molecule has 0 nitrogen and oxygen atoms in total. The van der Waals surface area contributed by atoms with Crippen LogP contribution in [0.25, 0.3) is 0 Å². The Kier molecular flexibility index (Phi) is 3.65. The predicted molar refractivity (Wildman–Crippen MR) is 26.1 cm³/mol. The minimum atomic E-state index is -1.63. The van der Waals surface area contributed by atoms with Gasteiger partial charge in [-0.1, -0.05) is 0 Å². The van der Waals surface area contributed by atoms with Crippen LogP contribution in [0.15, 0.2) is 0 Å². The second kappa shape index (κ2) is 3.75. The van der Waals surface area contributed by atoms with E-state index in [9.17, 15) is 13.2 Å². The molecule has 0 aromatic carbocycles. The van der Waals surface area contributed by atoms with Crippen LogP contribution in [0.1, 0.15) is 13.3 Å². The van der Waals surface area contributed by atoms with Crippen molar-refractivity contribution in [3.8, 4) is 0 Å². The molecule has 0 aromatic heterocycles. The third-order valence-corrected chi connectivity index (χ3v) is 0.883. The molecule has 0 bridgehead atoms. The predicted octanol–water partition coefficient (Wildman–Crippen LogP) is 2.04. The van der Waals surface area contributed by atoms with Crippen LogP contribution in [-0.2, 0) is 0 Å². The maximum absolute atomic E-state index is 11.9. The van der Waals surface area contributed by atoms with Gasteiger partial charge in [-0.15, -0.1) is 0 Å². The molecule has 0 aliphatic carbocycles. The molecule has 2 unspecified atom stereocenters. The molecule has 0 aliphatic heterocycles. The summed E-state index contributed by atoms with van der Waals surface area (Å²) in [7, 11) is 0. The van der Waals surface area contributed by atoms with Gasteiger partial charge < -0.3 is 0 Å².